The third-order valence-electron chi connectivity index (χ3n) is 4.29. The summed E-state index contributed by atoms with van der Waals surface area (Å²) in [6.07, 6.45) is 1.59. The molecule has 2 amide bonds. The van der Waals surface area contributed by atoms with E-state index in [0.29, 0.717) is 11.3 Å². The predicted molar refractivity (Wildman–Crippen MR) is 87.1 cm³/mol. The van der Waals surface area contributed by atoms with Crippen molar-refractivity contribution in [2.24, 2.45) is 5.92 Å². The van der Waals surface area contributed by atoms with Gasteiger partial charge in [0.15, 0.2) is 5.82 Å². The highest BCUT2D eigenvalue weighted by molar-refractivity contribution is 6.05. The SMILES string of the molecule is O=C(NCc1ccco1)[C@H]1CC(=O)N(c2n[nH]c3cccc(F)c23)C1. The van der Waals surface area contributed by atoms with Crippen LogP contribution in [0, 0.1) is 11.7 Å². The summed E-state index contributed by atoms with van der Waals surface area (Å²) in [6.45, 7) is 0.424. The number of rotatable bonds is 4. The molecule has 1 aliphatic rings. The van der Waals surface area contributed by atoms with Gasteiger partial charge in [0.05, 0.1) is 29.6 Å². The second kappa shape index (κ2) is 6.04. The van der Waals surface area contributed by atoms with Crippen LogP contribution < -0.4 is 10.2 Å². The van der Waals surface area contributed by atoms with Gasteiger partial charge in [0.1, 0.15) is 11.6 Å². The maximum atomic E-state index is 14.1. The summed E-state index contributed by atoms with van der Waals surface area (Å²) in [5.41, 5.74) is 0.508. The fraction of sp³-hybridized carbons (Fsp3) is 0.235. The van der Waals surface area contributed by atoms with E-state index in [4.69, 9.17) is 4.42 Å². The molecule has 128 valence electrons. The molecule has 0 radical (unpaired) electrons. The van der Waals surface area contributed by atoms with Crippen LogP contribution in [-0.2, 0) is 16.1 Å². The zero-order valence-corrected chi connectivity index (χ0v) is 13.2. The molecular weight excluding hydrogens is 327 g/mol. The van der Waals surface area contributed by atoms with E-state index >= 15 is 0 Å². The van der Waals surface area contributed by atoms with Gasteiger partial charge in [0.25, 0.3) is 0 Å². The number of aromatic amines is 1. The molecule has 0 unspecified atom stereocenters. The molecule has 3 heterocycles. The number of hydrogen-bond donors (Lipinski definition) is 2. The molecule has 2 N–H and O–H groups in total. The number of fused-ring (bicyclic) bond motifs is 1. The number of halogens is 1. The molecule has 0 bridgehead atoms. The van der Waals surface area contributed by atoms with Crippen molar-refractivity contribution in [1.29, 1.82) is 0 Å². The van der Waals surface area contributed by atoms with Gasteiger partial charge in [0.2, 0.25) is 11.8 Å². The Hall–Kier alpha value is -3.16. The number of nitrogens with one attached hydrogen (secondary N) is 2. The number of aromatic nitrogens is 2. The molecule has 1 atom stereocenters. The number of H-pyrrole nitrogens is 1. The number of benzene rings is 1. The standard InChI is InChI=1S/C17H15FN4O3/c18-12-4-1-5-13-15(12)16(21-20-13)22-9-10(7-14(22)23)17(24)19-8-11-3-2-6-25-11/h1-6,10H,7-9H2,(H,19,24)(H,20,21)/t10-/m0/s1. The summed E-state index contributed by atoms with van der Waals surface area (Å²) in [5, 5.41) is 9.78. The van der Waals surface area contributed by atoms with Crippen molar-refractivity contribution in [3.05, 3.63) is 48.2 Å². The van der Waals surface area contributed by atoms with Crippen molar-refractivity contribution in [2.45, 2.75) is 13.0 Å². The van der Waals surface area contributed by atoms with E-state index in [1.165, 1.54) is 17.2 Å². The smallest absolute Gasteiger partial charge is 0.229 e. The fourth-order valence-corrected chi connectivity index (χ4v) is 3.03. The number of amides is 2. The van der Waals surface area contributed by atoms with Crippen LogP contribution in [0.5, 0.6) is 0 Å². The highest BCUT2D eigenvalue weighted by atomic mass is 19.1. The first kappa shape index (κ1) is 15.4. The number of furan rings is 1. The summed E-state index contributed by atoms with van der Waals surface area (Å²) >= 11 is 0. The van der Waals surface area contributed by atoms with Gasteiger partial charge in [-0.2, -0.15) is 5.10 Å². The van der Waals surface area contributed by atoms with Crippen molar-refractivity contribution in [3.63, 3.8) is 0 Å². The Labute approximate surface area is 141 Å². The lowest BCUT2D eigenvalue weighted by Gasteiger charge is -2.14. The van der Waals surface area contributed by atoms with E-state index in [9.17, 15) is 14.0 Å². The first-order chi connectivity index (χ1) is 12.1. The number of carbonyl (C=O) groups excluding carboxylic acids is 2. The molecule has 0 spiro atoms. The molecule has 25 heavy (non-hydrogen) atoms. The fourth-order valence-electron chi connectivity index (χ4n) is 3.03. The van der Waals surface area contributed by atoms with Crippen LogP contribution in [0.2, 0.25) is 0 Å². The lowest BCUT2D eigenvalue weighted by atomic mass is 10.1. The van der Waals surface area contributed by atoms with Gasteiger partial charge in [-0.3, -0.25) is 19.6 Å². The van der Waals surface area contributed by atoms with Gasteiger partial charge in [-0.25, -0.2) is 4.39 Å². The molecule has 7 nitrogen and oxygen atoms in total. The summed E-state index contributed by atoms with van der Waals surface area (Å²) < 4.78 is 19.3. The average Bonchev–Trinajstić information content (AvgIpc) is 3.32. The maximum absolute atomic E-state index is 14.1. The topological polar surface area (TPSA) is 91.2 Å². The molecule has 3 aromatic rings. The van der Waals surface area contributed by atoms with Crippen LogP contribution in [-0.4, -0.2) is 28.6 Å². The van der Waals surface area contributed by atoms with E-state index in [1.807, 2.05) is 0 Å². The summed E-state index contributed by atoms with van der Waals surface area (Å²) in [4.78, 5) is 26.0. The van der Waals surface area contributed by atoms with Crippen molar-refractivity contribution >= 4 is 28.5 Å². The zero-order chi connectivity index (χ0) is 17.4. The molecule has 8 heteroatoms. The Balaban J connectivity index is 1.51. The summed E-state index contributed by atoms with van der Waals surface area (Å²) in [6, 6.07) is 8.05. The summed E-state index contributed by atoms with van der Waals surface area (Å²) in [7, 11) is 0. The number of anilines is 1. The van der Waals surface area contributed by atoms with E-state index < -0.39 is 11.7 Å². The quantitative estimate of drug-likeness (QED) is 0.758. The Morgan fingerprint density at radius 1 is 1.40 bits per heavy atom. The largest absolute Gasteiger partial charge is 0.467 e. The van der Waals surface area contributed by atoms with Crippen LogP contribution in [0.3, 0.4) is 0 Å². The minimum Gasteiger partial charge on any atom is -0.467 e. The van der Waals surface area contributed by atoms with Crippen LogP contribution in [0.25, 0.3) is 10.9 Å². The van der Waals surface area contributed by atoms with E-state index in [1.54, 1.807) is 24.3 Å². The van der Waals surface area contributed by atoms with Gasteiger partial charge in [0, 0.05) is 13.0 Å². The Morgan fingerprint density at radius 2 is 2.28 bits per heavy atom. The first-order valence-electron chi connectivity index (χ1n) is 7.86. The number of carbonyl (C=O) groups is 2. The maximum Gasteiger partial charge on any atom is 0.229 e. The van der Waals surface area contributed by atoms with Gasteiger partial charge in [-0.15, -0.1) is 0 Å². The van der Waals surface area contributed by atoms with Crippen molar-refractivity contribution < 1.29 is 18.4 Å². The number of nitrogens with zero attached hydrogens (tertiary/aromatic N) is 2. The lowest BCUT2D eigenvalue weighted by Crippen LogP contribution is -2.32. The highest BCUT2D eigenvalue weighted by Gasteiger charge is 2.37. The van der Waals surface area contributed by atoms with Crippen molar-refractivity contribution in [2.75, 3.05) is 11.4 Å². The minimum atomic E-state index is -0.513. The molecule has 4 rings (SSSR count). The van der Waals surface area contributed by atoms with Gasteiger partial charge in [-0.05, 0) is 24.3 Å². The molecule has 1 aromatic carbocycles. The normalized spacial score (nSPS) is 17.4. The zero-order valence-electron chi connectivity index (χ0n) is 13.2. The average molecular weight is 342 g/mol. The summed E-state index contributed by atoms with van der Waals surface area (Å²) in [5.74, 6) is -0.613. The highest BCUT2D eigenvalue weighted by Crippen LogP contribution is 2.31. The lowest BCUT2D eigenvalue weighted by molar-refractivity contribution is -0.126. The minimum absolute atomic E-state index is 0.0623. The molecule has 1 fully saturated rings. The Bertz CT molecular complexity index is 935. The predicted octanol–water partition coefficient (Wildman–Crippen LogP) is 1.96. The Kier molecular flexibility index (Phi) is 3.72. The molecule has 1 saturated heterocycles. The third kappa shape index (κ3) is 2.75. The van der Waals surface area contributed by atoms with Crippen LogP contribution in [0.1, 0.15) is 12.2 Å². The van der Waals surface area contributed by atoms with Crippen molar-refractivity contribution in [1.82, 2.24) is 15.5 Å². The van der Waals surface area contributed by atoms with E-state index in [2.05, 4.69) is 15.5 Å². The van der Waals surface area contributed by atoms with E-state index in [-0.39, 0.29) is 42.5 Å². The molecule has 0 aliphatic carbocycles. The van der Waals surface area contributed by atoms with Crippen molar-refractivity contribution in [3.8, 4) is 0 Å². The molecule has 1 aliphatic heterocycles. The monoisotopic (exact) mass is 342 g/mol. The van der Waals surface area contributed by atoms with Gasteiger partial charge < -0.3 is 9.73 Å². The van der Waals surface area contributed by atoms with Crippen LogP contribution in [0.4, 0.5) is 10.2 Å². The number of hydrogen-bond acceptors (Lipinski definition) is 4. The second-order valence-corrected chi connectivity index (χ2v) is 5.91. The van der Waals surface area contributed by atoms with Gasteiger partial charge >= 0.3 is 0 Å². The van der Waals surface area contributed by atoms with E-state index in [0.717, 1.165) is 0 Å². The molecule has 0 saturated carbocycles. The van der Waals surface area contributed by atoms with Crippen LogP contribution in [0.15, 0.2) is 41.0 Å². The Morgan fingerprint density at radius 3 is 3.08 bits per heavy atom. The molecular formula is C17H15FN4O3. The van der Waals surface area contributed by atoms with Crippen LogP contribution >= 0.6 is 0 Å². The van der Waals surface area contributed by atoms with Gasteiger partial charge in [-0.1, -0.05) is 6.07 Å². The third-order valence-corrected chi connectivity index (χ3v) is 4.29. The first-order valence-corrected chi connectivity index (χ1v) is 7.86. The second-order valence-electron chi connectivity index (χ2n) is 5.91. The molecule has 2 aromatic heterocycles.